The molecule has 0 aromatic carbocycles. The summed E-state index contributed by atoms with van der Waals surface area (Å²) in [5, 5.41) is 8.69. The van der Waals surface area contributed by atoms with Crippen LogP contribution in [0.1, 0.15) is 17.4 Å². The number of hydrogen-bond acceptors (Lipinski definition) is 4. The van der Waals surface area contributed by atoms with Gasteiger partial charge in [0.1, 0.15) is 10.6 Å². The van der Waals surface area contributed by atoms with E-state index in [9.17, 15) is 18.0 Å². The van der Waals surface area contributed by atoms with Gasteiger partial charge in [0, 0.05) is 12.7 Å². The molecule has 0 saturated carbocycles. The number of carboxylic acid groups (broad SMARTS) is 1. The molecule has 1 aromatic rings. The molecule has 1 heterocycles. The lowest BCUT2D eigenvalue weighted by Gasteiger charge is -2.17. The third-order valence-corrected chi connectivity index (χ3v) is 4.11. The molecule has 0 bridgehead atoms. The quantitative estimate of drug-likeness (QED) is 0.625. The molecule has 0 unspecified atom stereocenters. The van der Waals surface area contributed by atoms with Crippen LogP contribution in [0, 0.1) is 0 Å². The van der Waals surface area contributed by atoms with E-state index in [1.54, 1.807) is 6.92 Å². The van der Waals surface area contributed by atoms with Crippen LogP contribution >= 0.6 is 0 Å². The molecule has 18 heavy (non-hydrogen) atoms. The van der Waals surface area contributed by atoms with Crippen molar-refractivity contribution in [3.8, 4) is 0 Å². The van der Waals surface area contributed by atoms with Gasteiger partial charge in [-0.1, -0.05) is 6.92 Å². The summed E-state index contributed by atoms with van der Waals surface area (Å²) in [6.45, 7) is 1.15. The van der Waals surface area contributed by atoms with E-state index >= 15 is 0 Å². The van der Waals surface area contributed by atoms with Crippen molar-refractivity contribution < 1.29 is 23.1 Å². The molecule has 1 amide bonds. The SMILES string of the molecule is CCN(CC(N)=O)S(=O)(=O)c1c[nH]c(C(=O)O)c1. The average molecular weight is 275 g/mol. The fraction of sp³-hybridized carbons (Fsp3) is 0.333. The topological polar surface area (TPSA) is 134 Å². The lowest BCUT2D eigenvalue weighted by molar-refractivity contribution is -0.118. The highest BCUT2D eigenvalue weighted by Gasteiger charge is 2.26. The number of carboxylic acids is 1. The van der Waals surface area contributed by atoms with E-state index < -0.39 is 28.4 Å². The Kier molecular flexibility index (Phi) is 4.09. The standard InChI is InChI=1S/C9H13N3O5S/c1-2-12(5-8(10)13)18(16,17)6-3-7(9(14)15)11-4-6/h3-4,11H,2,5H2,1H3,(H2,10,13)(H,14,15). The predicted octanol–water partition coefficient (Wildman–Crippen LogP) is -0.791. The van der Waals surface area contributed by atoms with E-state index in [-0.39, 0.29) is 17.1 Å². The number of sulfonamides is 1. The molecule has 8 nitrogen and oxygen atoms in total. The van der Waals surface area contributed by atoms with Crippen molar-refractivity contribution in [2.45, 2.75) is 11.8 Å². The van der Waals surface area contributed by atoms with Crippen LogP contribution in [0.3, 0.4) is 0 Å². The number of aromatic nitrogens is 1. The van der Waals surface area contributed by atoms with Gasteiger partial charge in [0.2, 0.25) is 15.9 Å². The monoisotopic (exact) mass is 275 g/mol. The average Bonchev–Trinajstić information content (AvgIpc) is 2.75. The number of primary amides is 1. The minimum Gasteiger partial charge on any atom is -0.477 e. The molecular weight excluding hydrogens is 262 g/mol. The lowest BCUT2D eigenvalue weighted by atomic mass is 10.4. The van der Waals surface area contributed by atoms with Gasteiger partial charge in [0.05, 0.1) is 6.54 Å². The molecule has 0 spiro atoms. The van der Waals surface area contributed by atoms with Crippen molar-refractivity contribution in [2.24, 2.45) is 5.73 Å². The lowest BCUT2D eigenvalue weighted by Crippen LogP contribution is -2.38. The van der Waals surface area contributed by atoms with Gasteiger partial charge in [0.15, 0.2) is 0 Å². The van der Waals surface area contributed by atoms with Crippen molar-refractivity contribution in [1.82, 2.24) is 9.29 Å². The van der Waals surface area contributed by atoms with Crippen molar-refractivity contribution in [1.29, 1.82) is 0 Å². The van der Waals surface area contributed by atoms with Gasteiger partial charge < -0.3 is 15.8 Å². The molecule has 0 aliphatic rings. The second-order valence-electron chi connectivity index (χ2n) is 3.45. The van der Waals surface area contributed by atoms with Crippen molar-refractivity contribution in [3.05, 3.63) is 18.0 Å². The number of likely N-dealkylation sites (N-methyl/N-ethyl adjacent to an activating group) is 1. The van der Waals surface area contributed by atoms with E-state index in [0.717, 1.165) is 16.6 Å². The first kappa shape index (κ1) is 14.2. The molecule has 0 fully saturated rings. The van der Waals surface area contributed by atoms with Gasteiger partial charge in [-0.15, -0.1) is 0 Å². The highest BCUT2D eigenvalue weighted by molar-refractivity contribution is 7.89. The van der Waals surface area contributed by atoms with E-state index in [1.807, 2.05) is 0 Å². The summed E-state index contributed by atoms with van der Waals surface area (Å²) in [5.41, 5.74) is 4.70. The van der Waals surface area contributed by atoms with Gasteiger partial charge >= 0.3 is 5.97 Å². The summed E-state index contributed by atoms with van der Waals surface area (Å²) < 4.78 is 24.9. The number of aromatic carboxylic acids is 1. The van der Waals surface area contributed by atoms with Gasteiger partial charge in [0.25, 0.3) is 0 Å². The molecule has 0 aliphatic heterocycles. The van der Waals surface area contributed by atoms with Crippen LogP contribution in [0.2, 0.25) is 0 Å². The molecule has 0 saturated heterocycles. The summed E-state index contributed by atoms with van der Waals surface area (Å²) >= 11 is 0. The highest BCUT2D eigenvalue weighted by Crippen LogP contribution is 2.16. The molecule has 0 atom stereocenters. The number of amides is 1. The Bertz CT molecular complexity index is 563. The highest BCUT2D eigenvalue weighted by atomic mass is 32.2. The number of H-pyrrole nitrogens is 1. The summed E-state index contributed by atoms with van der Waals surface area (Å²) in [7, 11) is -3.92. The zero-order valence-corrected chi connectivity index (χ0v) is 10.4. The Morgan fingerprint density at radius 1 is 1.50 bits per heavy atom. The minimum absolute atomic E-state index is 0.0544. The molecule has 1 aromatic heterocycles. The molecule has 0 aliphatic carbocycles. The Balaban J connectivity index is 3.10. The fourth-order valence-corrected chi connectivity index (χ4v) is 2.75. The number of hydrogen-bond donors (Lipinski definition) is 3. The smallest absolute Gasteiger partial charge is 0.352 e. The van der Waals surface area contributed by atoms with Gasteiger partial charge in [-0.3, -0.25) is 4.79 Å². The Morgan fingerprint density at radius 3 is 2.50 bits per heavy atom. The van der Waals surface area contributed by atoms with Gasteiger partial charge in [-0.05, 0) is 6.07 Å². The number of aromatic amines is 1. The first-order chi connectivity index (χ1) is 8.28. The van der Waals surface area contributed by atoms with E-state index in [4.69, 9.17) is 10.8 Å². The van der Waals surface area contributed by atoms with Crippen LogP contribution in [-0.4, -0.2) is 47.8 Å². The van der Waals surface area contributed by atoms with Crippen molar-refractivity contribution >= 4 is 21.9 Å². The number of rotatable bonds is 6. The molecule has 4 N–H and O–H groups in total. The van der Waals surface area contributed by atoms with Gasteiger partial charge in [-0.2, -0.15) is 4.31 Å². The molecule has 0 radical (unpaired) electrons. The van der Waals surface area contributed by atoms with E-state index in [2.05, 4.69) is 4.98 Å². The first-order valence-electron chi connectivity index (χ1n) is 4.99. The maximum atomic E-state index is 12.0. The zero-order valence-electron chi connectivity index (χ0n) is 9.58. The minimum atomic E-state index is -3.92. The van der Waals surface area contributed by atoms with Crippen LogP contribution in [0.15, 0.2) is 17.2 Å². The maximum Gasteiger partial charge on any atom is 0.352 e. The molecule has 1 rings (SSSR count). The molecular formula is C9H13N3O5S. The fourth-order valence-electron chi connectivity index (χ4n) is 1.34. The van der Waals surface area contributed by atoms with Gasteiger partial charge in [-0.25, -0.2) is 13.2 Å². The summed E-state index contributed by atoms with van der Waals surface area (Å²) in [6.07, 6.45) is 1.06. The van der Waals surface area contributed by atoms with Crippen LogP contribution in [0.25, 0.3) is 0 Å². The maximum absolute atomic E-state index is 12.0. The number of carbonyl (C=O) groups is 2. The molecule has 100 valence electrons. The van der Waals surface area contributed by atoms with Crippen LogP contribution in [-0.2, 0) is 14.8 Å². The largest absolute Gasteiger partial charge is 0.477 e. The zero-order chi connectivity index (χ0) is 13.9. The number of nitrogens with two attached hydrogens (primary N) is 1. The Labute approximate surface area is 103 Å². The summed E-state index contributed by atoms with van der Waals surface area (Å²) in [4.78, 5) is 23.5. The molecule has 9 heteroatoms. The summed E-state index contributed by atoms with van der Waals surface area (Å²) in [6, 6.07) is 0.987. The normalized spacial score (nSPS) is 11.7. The predicted molar refractivity (Wildman–Crippen MR) is 61.4 cm³/mol. The second-order valence-corrected chi connectivity index (χ2v) is 5.39. The Morgan fingerprint density at radius 2 is 2.11 bits per heavy atom. The van der Waals surface area contributed by atoms with Crippen LogP contribution < -0.4 is 5.73 Å². The van der Waals surface area contributed by atoms with Crippen LogP contribution in [0.4, 0.5) is 0 Å². The first-order valence-corrected chi connectivity index (χ1v) is 6.43. The Hall–Kier alpha value is -1.87. The second kappa shape index (κ2) is 5.19. The third-order valence-electron chi connectivity index (χ3n) is 2.21. The van der Waals surface area contributed by atoms with Crippen LogP contribution in [0.5, 0.6) is 0 Å². The van der Waals surface area contributed by atoms with Crippen molar-refractivity contribution in [3.63, 3.8) is 0 Å². The van der Waals surface area contributed by atoms with E-state index in [1.165, 1.54) is 0 Å². The van der Waals surface area contributed by atoms with Crippen molar-refractivity contribution in [2.75, 3.05) is 13.1 Å². The summed E-state index contributed by atoms with van der Waals surface area (Å²) in [5.74, 6) is -2.05. The third kappa shape index (κ3) is 2.87. The number of nitrogens with one attached hydrogen (secondary N) is 1. The van der Waals surface area contributed by atoms with E-state index in [0.29, 0.717) is 0 Å². The number of carbonyl (C=O) groups excluding carboxylic acids is 1. The number of nitrogens with zero attached hydrogens (tertiary/aromatic N) is 1.